The molecule has 0 aliphatic rings. The molecule has 2 rings (SSSR count). The molecule has 7 heteroatoms. The molecule has 5 nitrogen and oxygen atoms in total. The van der Waals surface area contributed by atoms with E-state index in [4.69, 9.17) is 0 Å². The molecule has 1 heterocycles. The number of carbonyl (C=O) groups excluding carboxylic acids is 1. The van der Waals surface area contributed by atoms with Gasteiger partial charge in [-0.2, -0.15) is 0 Å². The molecule has 2 N–H and O–H groups in total. The molecular formula is C21H30N2O3S2. The van der Waals surface area contributed by atoms with Crippen LogP contribution in [0.15, 0.2) is 40.6 Å². The third-order valence-electron chi connectivity index (χ3n) is 4.50. The fourth-order valence-electron chi connectivity index (χ4n) is 2.81. The first-order chi connectivity index (χ1) is 12.9. The standard InChI is InChI=1S/C21H30N2O3S2/c1-14(2)20(16-7-9-17(10-8-16)21(4,5)6)23-28(25,26)19-12-11-18(27-19)13-22-15(3)24/h7-12,14,20,23H,13H2,1-6H3,(H,22,24). The molecule has 0 saturated carbocycles. The van der Waals surface area contributed by atoms with Crippen molar-refractivity contribution in [2.24, 2.45) is 5.92 Å². The van der Waals surface area contributed by atoms with Crippen molar-refractivity contribution in [3.63, 3.8) is 0 Å². The summed E-state index contributed by atoms with van der Waals surface area (Å²) >= 11 is 1.17. The Morgan fingerprint density at radius 3 is 2.18 bits per heavy atom. The van der Waals surface area contributed by atoms with Crippen LogP contribution >= 0.6 is 11.3 Å². The lowest BCUT2D eigenvalue weighted by molar-refractivity contribution is -0.119. The number of sulfonamides is 1. The second kappa shape index (κ2) is 8.76. The second-order valence-electron chi connectivity index (χ2n) is 8.35. The maximum absolute atomic E-state index is 12.9. The van der Waals surface area contributed by atoms with E-state index in [9.17, 15) is 13.2 Å². The number of rotatable bonds is 7. The Morgan fingerprint density at radius 2 is 1.68 bits per heavy atom. The molecule has 0 radical (unpaired) electrons. The lowest BCUT2D eigenvalue weighted by atomic mass is 9.85. The minimum atomic E-state index is -3.65. The molecule has 1 amide bonds. The van der Waals surface area contributed by atoms with Crippen LogP contribution in [0.1, 0.15) is 63.6 Å². The third kappa shape index (κ3) is 5.90. The highest BCUT2D eigenvalue weighted by molar-refractivity contribution is 7.91. The van der Waals surface area contributed by atoms with Crippen LogP contribution in [0.5, 0.6) is 0 Å². The number of nitrogens with one attached hydrogen (secondary N) is 2. The Bertz CT molecular complexity index is 908. The summed E-state index contributed by atoms with van der Waals surface area (Å²) in [5, 5.41) is 2.69. The topological polar surface area (TPSA) is 75.3 Å². The van der Waals surface area contributed by atoms with Gasteiger partial charge in [-0.3, -0.25) is 4.79 Å². The van der Waals surface area contributed by atoms with Gasteiger partial charge in [0.15, 0.2) is 0 Å². The van der Waals surface area contributed by atoms with E-state index in [0.717, 1.165) is 10.4 Å². The maximum Gasteiger partial charge on any atom is 0.250 e. The van der Waals surface area contributed by atoms with Gasteiger partial charge in [0.25, 0.3) is 10.0 Å². The van der Waals surface area contributed by atoms with Crippen LogP contribution in [-0.4, -0.2) is 14.3 Å². The first kappa shape index (κ1) is 22.6. The van der Waals surface area contributed by atoms with Gasteiger partial charge in [-0.15, -0.1) is 11.3 Å². The Morgan fingerprint density at radius 1 is 1.07 bits per heavy atom. The van der Waals surface area contributed by atoms with E-state index in [2.05, 4.69) is 42.9 Å². The number of amides is 1. The average molecular weight is 423 g/mol. The molecule has 2 aromatic rings. The Hall–Kier alpha value is -1.70. The molecule has 0 bridgehead atoms. The highest BCUT2D eigenvalue weighted by atomic mass is 32.2. The molecule has 154 valence electrons. The van der Waals surface area contributed by atoms with Crippen LogP contribution < -0.4 is 10.0 Å². The van der Waals surface area contributed by atoms with Crippen molar-refractivity contribution < 1.29 is 13.2 Å². The first-order valence-corrected chi connectivity index (χ1v) is 11.7. The van der Waals surface area contributed by atoms with Gasteiger partial charge in [0, 0.05) is 17.8 Å². The molecule has 1 aromatic carbocycles. The number of hydrogen-bond donors (Lipinski definition) is 2. The Kier molecular flexibility index (Phi) is 7.07. The summed E-state index contributed by atoms with van der Waals surface area (Å²) in [5.74, 6) is -0.0522. The zero-order valence-electron chi connectivity index (χ0n) is 17.4. The lowest BCUT2D eigenvalue weighted by Gasteiger charge is -2.24. The molecule has 0 aliphatic heterocycles. The van der Waals surface area contributed by atoms with Gasteiger partial charge < -0.3 is 5.32 Å². The third-order valence-corrected chi connectivity index (χ3v) is 7.52. The summed E-state index contributed by atoms with van der Waals surface area (Å²) in [5.41, 5.74) is 2.20. The van der Waals surface area contributed by atoms with Crippen LogP contribution in [0.4, 0.5) is 0 Å². The maximum atomic E-state index is 12.9. The highest BCUT2D eigenvalue weighted by Gasteiger charge is 2.25. The van der Waals surface area contributed by atoms with E-state index in [-0.39, 0.29) is 27.5 Å². The zero-order chi connectivity index (χ0) is 21.1. The highest BCUT2D eigenvalue weighted by Crippen LogP contribution is 2.29. The van der Waals surface area contributed by atoms with Gasteiger partial charge in [0.05, 0.1) is 6.54 Å². The van der Waals surface area contributed by atoms with Gasteiger partial charge >= 0.3 is 0 Å². The number of carbonyl (C=O) groups is 1. The molecule has 28 heavy (non-hydrogen) atoms. The normalized spacial score (nSPS) is 13.5. The van der Waals surface area contributed by atoms with E-state index < -0.39 is 10.0 Å². The van der Waals surface area contributed by atoms with Gasteiger partial charge in [-0.25, -0.2) is 13.1 Å². The van der Waals surface area contributed by atoms with E-state index in [0.29, 0.717) is 6.54 Å². The van der Waals surface area contributed by atoms with E-state index in [1.54, 1.807) is 12.1 Å². The quantitative estimate of drug-likeness (QED) is 0.696. The van der Waals surface area contributed by atoms with Crippen molar-refractivity contribution in [2.45, 2.75) is 63.8 Å². The molecule has 1 aromatic heterocycles. The van der Waals surface area contributed by atoms with E-state index >= 15 is 0 Å². The van der Waals surface area contributed by atoms with Crippen LogP contribution in [0.3, 0.4) is 0 Å². The van der Waals surface area contributed by atoms with Crippen molar-refractivity contribution in [3.8, 4) is 0 Å². The van der Waals surface area contributed by atoms with Crippen LogP contribution in [0.25, 0.3) is 0 Å². The monoisotopic (exact) mass is 422 g/mol. The molecule has 0 saturated heterocycles. The van der Waals surface area contributed by atoms with Crippen LogP contribution in [0.2, 0.25) is 0 Å². The first-order valence-electron chi connectivity index (χ1n) is 9.36. The molecule has 0 fully saturated rings. The van der Waals surface area contributed by atoms with Crippen molar-refractivity contribution in [1.82, 2.24) is 10.0 Å². The van der Waals surface area contributed by atoms with Gasteiger partial charge in [0.2, 0.25) is 5.91 Å². The minimum Gasteiger partial charge on any atom is -0.351 e. The summed E-state index contributed by atoms with van der Waals surface area (Å²) < 4.78 is 28.9. The van der Waals surface area contributed by atoms with Gasteiger partial charge in [-0.1, -0.05) is 58.9 Å². The van der Waals surface area contributed by atoms with E-state index in [1.807, 2.05) is 26.0 Å². The number of thiophene rings is 1. The van der Waals surface area contributed by atoms with Crippen LogP contribution in [-0.2, 0) is 26.8 Å². The second-order valence-corrected chi connectivity index (χ2v) is 11.5. The predicted molar refractivity (Wildman–Crippen MR) is 115 cm³/mol. The van der Waals surface area contributed by atoms with Gasteiger partial charge in [-0.05, 0) is 34.6 Å². The number of benzene rings is 1. The predicted octanol–water partition coefficient (Wildman–Crippen LogP) is 4.36. The molecule has 0 spiro atoms. The Labute approximate surface area is 172 Å². The van der Waals surface area contributed by atoms with Crippen molar-refractivity contribution in [3.05, 3.63) is 52.4 Å². The van der Waals surface area contributed by atoms with Gasteiger partial charge in [0.1, 0.15) is 4.21 Å². The largest absolute Gasteiger partial charge is 0.351 e. The SMILES string of the molecule is CC(=O)NCc1ccc(S(=O)(=O)NC(c2ccc(C(C)(C)C)cc2)C(C)C)s1. The number of hydrogen-bond acceptors (Lipinski definition) is 4. The summed E-state index contributed by atoms with van der Waals surface area (Å²) in [6.07, 6.45) is 0. The van der Waals surface area contributed by atoms with Crippen molar-refractivity contribution >= 4 is 27.3 Å². The minimum absolute atomic E-state index is 0.0483. The Balaban J connectivity index is 2.22. The lowest BCUT2D eigenvalue weighted by Crippen LogP contribution is -2.31. The zero-order valence-corrected chi connectivity index (χ0v) is 19.0. The molecular weight excluding hydrogens is 392 g/mol. The summed E-state index contributed by atoms with van der Waals surface area (Å²) in [6.45, 7) is 12.2. The molecule has 1 unspecified atom stereocenters. The fourth-order valence-corrected chi connectivity index (χ4v) is 5.50. The summed E-state index contributed by atoms with van der Waals surface area (Å²) in [6, 6.07) is 11.1. The van der Waals surface area contributed by atoms with E-state index in [1.165, 1.54) is 23.8 Å². The molecule has 1 atom stereocenters. The van der Waals surface area contributed by atoms with Crippen LogP contribution in [0, 0.1) is 5.92 Å². The molecule has 0 aliphatic carbocycles. The summed E-state index contributed by atoms with van der Waals surface area (Å²) in [4.78, 5) is 11.8. The average Bonchev–Trinajstić information content (AvgIpc) is 3.07. The summed E-state index contributed by atoms with van der Waals surface area (Å²) in [7, 11) is -3.65. The smallest absolute Gasteiger partial charge is 0.250 e. The van der Waals surface area contributed by atoms with Crippen molar-refractivity contribution in [1.29, 1.82) is 0 Å². The van der Waals surface area contributed by atoms with Crippen molar-refractivity contribution in [2.75, 3.05) is 0 Å². The fraction of sp³-hybridized carbons (Fsp3) is 0.476.